The average molecular weight is 273 g/mol. The van der Waals surface area contributed by atoms with Crippen molar-refractivity contribution in [1.29, 1.82) is 0 Å². The summed E-state index contributed by atoms with van der Waals surface area (Å²) in [5, 5.41) is 0. The number of aryl methyl sites for hydroxylation is 1. The van der Waals surface area contributed by atoms with Crippen molar-refractivity contribution in [2.45, 2.75) is 45.8 Å². The molecule has 0 aliphatic heterocycles. The van der Waals surface area contributed by atoms with E-state index in [1.54, 1.807) is 12.4 Å². The predicted molar refractivity (Wildman–Crippen MR) is 79.2 cm³/mol. The van der Waals surface area contributed by atoms with Crippen LogP contribution in [0.25, 0.3) is 0 Å². The number of nitrogens with zero attached hydrogens (tertiary/aromatic N) is 5. The van der Waals surface area contributed by atoms with Crippen LogP contribution >= 0.6 is 0 Å². The largest absolute Gasteiger partial charge is 0.334 e. The van der Waals surface area contributed by atoms with Gasteiger partial charge in [0.15, 0.2) is 0 Å². The highest BCUT2D eigenvalue weighted by atomic mass is 15.2. The van der Waals surface area contributed by atoms with Crippen LogP contribution in [0.3, 0.4) is 0 Å². The molecule has 1 atom stereocenters. The fraction of sp³-hybridized carbons (Fsp3) is 0.533. The van der Waals surface area contributed by atoms with Crippen molar-refractivity contribution in [1.82, 2.24) is 24.4 Å². The molecule has 0 aromatic carbocycles. The molecule has 5 nitrogen and oxygen atoms in total. The van der Waals surface area contributed by atoms with E-state index in [1.165, 1.54) is 0 Å². The van der Waals surface area contributed by atoms with Gasteiger partial charge in [-0.25, -0.2) is 4.98 Å². The molecule has 0 saturated carbocycles. The summed E-state index contributed by atoms with van der Waals surface area (Å²) in [5.74, 6) is 1.13. The molecule has 0 unspecified atom stereocenters. The molecule has 0 aliphatic rings. The van der Waals surface area contributed by atoms with Crippen LogP contribution in [0.2, 0.25) is 0 Å². The molecule has 20 heavy (non-hydrogen) atoms. The van der Waals surface area contributed by atoms with Gasteiger partial charge in [0.2, 0.25) is 0 Å². The molecule has 0 N–H and O–H groups in total. The van der Waals surface area contributed by atoms with Crippen LogP contribution in [0.1, 0.15) is 31.8 Å². The van der Waals surface area contributed by atoms with E-state index < -0.39 is 0 Å². The molecule has 2 aromatic heterocycles. The first-order chi connectivity index (χ1) is 9.70. The minimum Gasteiger partial charge on any atom is -0.334 e. The van der Waals surface area contributed by atoms with E-state index in [4.69, 9.17) is 0 Å². The second kappa shape index (κ2) is 7.14. The Morgan fingerprint density at radius 3 is 2.80 bits per heavy atom. The van der Waals surface area contributed by atoms with Gasteiger partial charge in [-0.1, -0.05) is 6.92 Å². The molecule has 2 heterocycles. The standard InChI is InChI=1S/C15H23N5/c1-4-8-20-9-7-18-15(20)12-19(3)13(2)10-14-11-16-5-6-17-14/h5-7,9,11,13H,4,8,10,12H2,1-3H3/t13-/m0/s1. The van der Waals surface area contributed by atoms with Gasteiger partial charge in [-0.05, 0) is 20.4 Å². The third-order valence-electron chi connectivity index (χ3n) is 3.53. The van der Waals surface area contributed by atoms with Gasteiger partial charge in [0.1, 0.15) is 5.82 Å². The van der Waals surface area contributed by atoms with E-state index in [9.17, 15) is 0 Å². The smallest absolute Gasteiger partial charge is 0.122 e. The number of hydrogen-bond acceptors (Lipinski definition) is 4. The highest BCUT2D eigenvalue weighted by Crippen LogP contribution is 2.09. The van der Waals surface area contributed by atoms with Gasteiger partial charge in [0, 0.05) is 50.0 Å². The fourth-order valence-corrected chi connectivity index (χ4v) is 2.21. The van der Waals surface area contributed by atoms with Crippen molar-refractivity contribution < 1.29 is 0 Å². The summed E-state index contributed by atoms with van der Waals surface area (Å²) < 4.78 is 2.23. The summed E-state index contributed by atoms with van der Waals surface area (Å²) in [4.78, 5) is 15.2. The Hall–Kier alpha value is -1.75. The van der Waals surface area contributed by atoms with Crippen molar-refractivity contribution in [2.24, 2.45) is 0 Å². The molecule has 2 aromatic rings. The number of hydrogen-bond donors (Lipinski definition) is 0. The highest BCUT2D eigenvalue weighted by Gasteiger charge is 2.13. The topological polar surface area (TPSA) is 46.8 Å². The lowest BCUT2D eigenvalue weighted by Gasteiger charge is -2.24. The molecule has 0 aliphatic carbocycles. The number of imidazole rings is 1. The van der Waals surface area contributed by atoms with E-state index in [0.717, 1.165) is 37.4 Å². The summed E-state index contributed by atoms with van der Waals surface area (Å²) in [6.45, 7) is 6.28. The fourth-order valence-electron chi connectivity index (χ4n) is 2.21. The summed E-state index contributed by atoms with van der Waals surface area (Å²) in [6.07, 6.45) is 11.3. The van der Waals surface area contributed by atoms with Gasteiger partial charge in [0.05, 0.1) is 12.2 Å². The molecule has 5 heteroatoms. The maximum absolute atomic E-state index is 4.46. The third-order valence-corrected chi connectivity index (χ3v) is 3.53. The zero-order valence-corrected chi connectivity index (χ0v) is 12.5. The van der Waals surface area contributed by atoms with Crippen LogP contribution in [0.5, 0.6) is 0 Å². The van der Waals surface area contributed by atoms with Crippen LogP contribution in [-0.4, -0.2) is 37.5 Å². The molecule has 0 radical (unpaired) electrons. The lowest BCUT2D eigenvalue weighted by Crippen LogP contribution is -2.31. The Bertz CT molecular complexity index is 508. The molecule has 108 valence electrons. The minimum atomic E-state index is 0.401. The van der Waals surface area contributed by atoms with Crippen molar-refractivity contribution in [2.75, 3.05) is 7.05 Å². The highest BCUT2D eigenvalue weighted by molar-refractivity contribution is 4.98. The average Bonchev–Trinajstić information content (AvgIpc) is 2.87. The molecule has 0 amide bonds. The number of rotatable bonds is 7. The van der Waals surface area contributed by atoms with Gasteiger partial charge in [-0.3, -0.25) is 14.9 Å². The quantitative estimate of drug-likeness (QED) is 0.775. The van der Waals surface area contributed by atoms with E-state index in [2.05, 4.69) is 51.5 Å². The number of likely N-dealkylation sites (N-methyl/N-ethyl adjacent to an activating group) is 1. The van der Waals surface area contributed by atoms with Gasteiger partial charge >= 0.3 is 0 Å². The van der Waals surface area contributed by atoms with E-state index in [0.29, 0.717) is 6.04 Å². The second-order valence-electron chi connectivity index (χ2n) is 5.20. The summed E-state index contributed by atoms with van der Waals surface area (Å²) in [7, 11) is 2.13. The SMILES string of the molecule is CCCn1ccnc1CN(C)[C@@H](C)Cc1cnccn1. The molecule has 0 bridgehead atoms. The van der Waals surface area contributed by atoms with Crippen LogP contribution in [0.15, 0.2) is 31.0 Å². The molecule has 0 spiro atoms. The van der Waals surface area contributed by atoms with E-state index in [1.807, 2.05) is 12.4 Å². The van der Waals surface area contributed by atoms with E-state index >= 15 is 0 Å². The molecular formula is C15H23N5. The Balaban J connectivity index is 1.93. The maximum atomic E-state index is 4.46. The van der Waals surface area contributed by atoms with Gasteiger partial charge in [-0.2, -0.15) is 0 Å². The minimum absolute atomic E-state index is 0.401. The van der Waals surface area contributed by atoms with Gasteiger partial charge < -0.3 is 4.57 Å². The zero-order chi connectivity index (χ0) is 14.4. The first-order valence-corrected chi connectivity index (χ1v) is 7.15. The van der Waals surface area contributed by atoms with Crippen LogP contribution in [0, 0.1) is 0 Å². The third kappa shape index (κ3) is 3.87. The summed E-state index contributed by atoms with van der Waals surface area (Å²) >= 11 is 0. The Kier molecular flexibility index (Phi) is 5.24. The van der Waals surface area contributed by atoms with Gasteiger partial charge in [0.25, 0.3) is 0 Å². The Morgan fingerprint density at radius 1 is 1.25 bits per heavy atom. The lowest BCUT2D eigenvalue weighted by atomic mass is 10.1. The second-order valence-corrected chi connectivity index (χ2v) is 5.20. The summed E-state index contributed by atoms with van der Waals surface area (Å²) in [6, 6.07) is 0.401. The van der Waals surface area contributed by atoms with Crippen LogP contribution < -0.4 is 0 Å². The zero-order valence-electron chi connectivity index (χ0n) is 12.5. The lowest BCUT2D eigenvalue weighted by molar-refractivity contribution is 0.237. The summed E-state index contributed by atoms with van der Waals surface area (Å²) in [5.41, 5.74) is 1.03. The van der Waals surface area contributed by atoms with Crippen molar-refractivity contribution in [3.8, 4) is 0 Å². The van der Waals surface area contributed by atoms with Gasteiger partial charge in [-0.15, -0.1) is 0 Å². The van der Waals surface area contributed by atoms with Crippen molar-refractivity contribution in [3.05, 3.63) is 42.5 Å². The van der Waals surface area contributed by atoms with Crippen molar-refractivity contribution >= 4 is 0 Å². The van der Waals surface area contributed by atoms with Crippen LogP contribution in [-0.2, 0) is 19.5 Å². The molecule has 0 fully saturated rings. The number of aromatic nitrogens is 4. The monoisotopic (exact) mass is 273 g/mol. The predicted octanol–water partition coefficient (Wildman–Crippen LogP) is 2.15. The first kappa shape index (κ1) is 14.7. The molecular weight excluding hydrogens is 250 g/mol. The van der Waals surface area contributed by atoms with Crippen molar-refractivity contribution in [3.63, 3.8) is 0 Å². The molecule has 0 saturated heterocycles. The van der Waals surface area contributed by atoms with Crippen LogP contribution in [0.4, 0.5) is 0 Å². The first-order valence-electron chi connectivity index (χ1n) is 7.15. The maximum Gasteiger partial charge on any atom is 0.122 e. The van der Waals surface area contributed by atoms with E-state index in [-0.39, 0.29) is 0 Å². The Morgan fingerprint density at radius 2 is 2.10 bits per heavy atom. The Labute approximate surface area is 120 Å². The normalized spacial score (nSPS) is 12.8. The molecule has 2 rings (SSSR count).